The minimum atomic E-state index is -0.774. The lowest BCUT2D eigenvalue weighted by Gasteiger charge is -2.38. The second-order valence-electron chi connectivity index (χ2n) is 5.53. The molecular formula is C14H23NO2S. The van der Waals surface area contributed by atoms with Crippen molar-refractivity contribution in [2.24, 2.45) is 0 Å². The maximum Gasteiger partial charge on any atom is 0.317 e. The average Bonchev–Trinajstić information content (AvgIpc) is 2.71. The molecule has 0 aliphatic rings. The summed E-state index contributed by atoms with van der Waals surface area (Å²) in [4.78, 5) is 15.6. The van der Waals surface area contributed by atoms with Gasteiger partial charge >= 0.3 is 5.97 Å². The summed E-state index contributed by atoms with van der Waals surface area (Å²) in [6, 6.07) is 4.39. The number of carboxylic acids is 1. The number of hydrogen-bond acceptors (Lipinski definition) is 3. The zero-order valence-corrected chi connectivity index (χ0v) is 12.7. The molecule has 0 spiro atoms. The van der Waals surface area contributed by atoms with E-state index in [1.165, 1.54) is 9.75 Å². The first-order valence-electron chi connectivity index (χ1n) is 6.32. The van der Waals surface area contributed by atoms with Gasteiger partial charge in [-0.1, -0.05) is 6.92 Å². The fourth-order valence-corrected chi connectivity index (χ4v) is 3.08. The fourth-order valence-electron chi connectivity index (χ4n) is 2.06. The van der Waals surface area contributed by atoms with Gasteiger partial charge in [-0.15, -0.1) is 11.3 Å². The van der Waals surface area contributed by atoms with E-state index in [0.717, 1.165) is 6.42 Å². The van der Waals surface area contributed by atoms with Crippen LogP contribution in [0.25, 0.3) is 0 Å². The lowest BCUT2D eigenvalue weighted by molar-refractivity contribution is -0.140. The number of thiophene rings is 1. The Morgan fingerprint density at radius 2 is 2.06 bits per heavy atom. The second-order valence-corrected chi connectivity index (χ2v) is 6.73. The number of rotatable bonds is 5. The van der Waals surface area contributed by atoms with E-state index in [0.29, 0.717) is 0 Å². The number of aliphatic carboxylic acids is 1. The quantitative estimate of drug-likeness (QED) is 0.888. The Kier molecular flexibility index (Phi) is 4.93. The Hall–Kier alpha value is -0.870. The lowest BCUT2D eigenvalue weighted by atomic mass is 10.0. The summed E-state index contributed by atoms with van der Waals surface area (Å²) in [7, 11) is 0. The van der Waals surface area contributed by atoms with E-state index in [-0.39, 0.29) is 18.1 Å². The molecule has 0 aromatic carbocycles. The summed E-state index contributed by atoms with van der Waals surface area (Å²) in [5, 5.41) is 9.06. The Bertz CT molecular complexity index is 406. The summed E-state index contributed by atoms with van der Waals surface area (Å²) in [6.45, 7) is 10.5. The molecule has 1 aromatic heterocycles. The highest BCUT2D eigenvalue weighted by Gasteiger charge is 2.29. The molecule has 1 unspecified atom stereocenters. The van der Waals surface area contributed by atoms with Crippen LogP contribution in [0.2, 0.25) is 0 Å². The van der Waals surface area contributed by atoms with Gasteiger partial charge in [-0.05, 0) is 46.2 Å². The van der Waals surface area contributed by atoms with Crippen LogP contribution in [0.4, 0.5) is 0 Å². The smallest absolute Gasteiger partial charge is 0.317 e. The van der Waals surface area contributed by atoms with Crippen LogP contribution in [0, 0.1) is 0 Å². The zero-order chi connectivity index (χ0) is 13.9. The van der Waals surface area contributed by atoms with Crippen molar-refractivity contribution in [1.29, 1.82) is 0 Å². The number of carbonyl (C=O) groups is 1. The second kappa shape index (κ2) is 5.85. The molecule has 1 atom stereocenters. The summed E-state index contributed by atoms with van der Waals surface area (Å²) in [5.41, 5.74) is -0.159. The molecule has 1 heterocycles. The highest BCUT2D eigenvalue weighted by Crippen LogP contribution is 2.32. The van der Waals surface area contributed by atoms with Crippen LogP contribution in [0.1, 0.15) is 50.4 Å². The van der Waals surface area contributed by atoms with Gasteiger partial charge in [0.2, 0.25) is 0 Å². The van der Waals surface area contributed by atoms with Crippen molar-refractivity contribution in [2.45, 2.75) is 52.6 Å². The van der Waals surface area contributed by atoms with Gasteiger partial charge in [0.25, 0.3) is 0 Å². The topological polar surface area (TPSA) is 40.5 Å². The van der Waals surface area contributed by atoms with E-state index in [4.69, 9.17) is 5.11 Å². The molecule has 0 saturated carbocycles. The maximum absolute atomic E-state index is 11.0. The minimum Gasteiger partial charge on any atom is -0.480 e. The van der Waals surface area contributed by atoms with Gasteiger partial charge in [0.15, 0.2) is 0 Å². The normalized spacial score (nSPS) is 13.9. The number of carboxylic acid groups (broad SMARTS) is 1. The summed E-state index contributed by atoms with van der Waals surface area (Å²) in [5.74, 6) is -0.774. The molecule has 0 aliphatic carbocycles. The molecule has 1 rings (SSSR count). The van der Waals surface area contributed by atoms with Gasteiger partial charge in [0, 0.05) is 21.3 Å². The van der Waals surface area contributed by atoms with Crippen LogP contribution >= 0.6 is 11.3 Å². The number of nitrogens with zero attached hydrogens (tertiary/aromatic N) is 1. The molecule has 102 valence electrons. The van der Waals surface area contributed by atoms with E-state index in [2.05, 4.69) is 46.8 Å². The number of aryl methyl sites for hydroxylation is 1. The largest absolute Gasteiger partial charge is 0.480 e. The third-order valence-corrected chi connectivity index (χ3v) is 4.48. The first-order valence-corrected chi connectivity index (χ1v) is 7.14. The third-order valence-electron chi connectivity index (χ3n) is 3.08. The van der Waals surface area contributed by atoms with E-state index in [9.17, 15) is 4.79 Å². The molecule has 4 heteroatoms. The molecule has 0 radical (unpaired) electrons. The van der Waals surface area contributed by atoms with Crippen LogP contribution in [0.5, 0.6) is 0 Å². The SMILES string of the molecule is CCc1ccc(C(C)N(CC(=O)O)C(C)(C)C)s1. The van der Waals surface area contributed by atoms with Gasteiger partial charge in [0.05, 0.1) is 6.54 Å². The Morgan fingerprint density at radius 1 is 1.44 bits per heavy atom. The van der Waals surface area contributed by atoms with E-state index >= 15 is 0 Å². The zero-order valence-electron chi connectivity index (χ0n) is 11.9. The molecular weight excluding hydrogens is 246 g/mol. The van der Waals surface area contributed by atoms with Crippen molar-refractivity contribution in [1.82, 2.24) is 4.90 Å². The Balaban J connectivity index is 2.94. The molecule has 18 heavy (non-hydrogen) atoms. The predicted molar refractivity (Wildman–Crippen MR) is 76.2 cm³/mol. The van der Waals surface area contributed by atoms with Crippen LogP contribution in [-0.4, -0.2) is 28.1 Å². The van der Waals surface area contributed by atoms with Crippen molar-refractivity contribution in [3.05, 3.63) is 21.9 Å². The van der Waals surface area contributed by atoms with Crippen LogP contribution in [0.15, 0.2) is 12.1 Å². The van der Waals surface area contributed by atoms with Crippen molar-refractivity contribution in [3.63, 3.8) is 0 Å². The van der Waals surface area contributed by atoms with E-state index < -0.39 is 5.97 Å². The maximum atomic E-state index is 11.0. The molecule has 0 aliphatic heterocycles. The molecule has 3 nitrogen and oxygen atoms in total. The van der Waals surface area contributed by atoms with Gasteiger partial charge in [-0.25, -0.2) is 0 Å². The highest BCUT2D eigenvalue weighted by molar-refractivity contribution is 7.12. The van der Waals surface area contributed by atoms with Crippen LogP contribution in [0.3, 0.4) is 0 Å². The van der Waals surface area contributed by atoms with Crippen LogP contribution < -0.4 is 0 Å². The predicted octanol–water partition coefficient (Wildman–Crippen LogP) is 3.56. The Labute approximate surface area is 113 Å². The van der Waals surface area contributed by atoms with Crippen molar-refractivity contribution in [2.75, 3.05) is 6.54 Å². The monoisotopic (exact) mass is 269 g/mol. The van der Waals surface area contributed by atoms with E-state index in [1.807, 2.05) is 4.90 Å². The van der Waals surface area contributed by atoms with E-state index in [1.54, 1.807) is 11.3 Å². The van der Waals surface area contributed by atoms with Gasteiger partial charge in [-0.3, -0.25) is 9.69 Å². The lowest BCUT2D eigenvalue weighted by Crippen LogP contribution is -2.45. The third kappa shape index (κ3) is 3.82. The van der Waals surface area contributed by atoms with Crippen molar-refractivity contribution in [3.8, 4) is 0 Å². The molecule has 0 fully saturated rings. The summed E-state index contributed by atoms with van der Waals surface area (Å²) < 4.78 is 0. The Morgan fingerprint density at radius 3 is 2.44 bits per heavy atom. The molecule has 0 bridgehead atoms. The van der Waals surface area contributed by atoms with Gasteiger partial charge in [-0.2, -0.15) is 0 Å². The van der Waals surface area contributed by atoms with Crippen molar-refractivity contribution < 1.29 is 9.90 Å². The van der Waals surface area contributed by atoms with Crippen LogP contribution in [-0.2, 0) is 11.2 Å². The molecule has 0 amide bonds. The first kappa shape index (κ1) is 15.2. The molecule has 1 aromatic rings. The number of hydrogen-bond donors (Lipinski definition) is 1. The average molecular weight is 269 g/mol. The standard InChI is InChI=1S/C14H23NO2S/c1-6-11-7-8-12(18-11)10(2)15(9-13(16)17)14(3,4)5/h7-8,10H,6,9H2,1-5H3,(H,16,17). The van der Waals surface area contributed by atoms with Crippen molar-refractivity contribution >= 4 is 17.3 Å². The van der Waals surface area contributed by atoms with Gasteiger partial charge in [0.1, 0.15) is 0 Å². The minimum absolute atomic E-state index is 0.0734. The first-order chi connectivity index (χ1) is 8.25. The summed E-state index contributed by atoms with van der Waals surface area (Å²) in [6.07, 6.45) is 1.03. The van der Waals surface area contributed by atoms with Gasteiger partial charge < -0.3 is 5.11 Å². The fraction of sp³-hybridized carbons (Fsp3) is 0.643. The highest BCUT2D eigenvalue weighted by atomic mass is 32.1. The summed E-state index contributed by atoms with van der Waals surface area (Å²) >= 11 is 1.78. The molecule has 1 N–H and O–H groups in total. The molecule has 0 saturated heterocycles.